The SMILES string of the molecule is C=CCn1nc(C(=O)O)c2c1CCC(N(C)CC1(C)COC1)C2. The zero-order valence-corrected chi connectivity index (χ0v) is 13.9. The number of nitrogens with zero attached hydrogens (tertiary/aromatic N) is 3. The Morgan fingerprint density at radius 1 is 1.61 bits per heavy atom. The van der Waals surface area contributed by atoms with E-state index in [0.29, 0.717) is 12.6 Å². The van der Waals surface area contributed by atoms with Crippen LogP contribution < -0.4 is 0 Å². The summed E-state index contributed by atoms with van der Waals surface area (Å²) < 4.78 is 7.13. The molecule has 1 aromatic heterocycles. The maximum atomic E-state index is 11.5. The van der Waals surface area contributed by atoms with Crippen LogP contribution in [-0.4, -0.2) is 58.6 Å². The van der Waals surface area contributed by atoms with Crippen LogP contribution in [0.2, 0.25) is 0 Å². The number of aromatic nitrogens is 2. The van der Waals surface area contributed by atoms with Gasteiger partial charge in [0.15, 0.2) is 5.69 Å². The van der Waals surface area contributed by atoms with Crippen LogP contribution in [0.5, 0.6) is 0 Å². The molecule has 0 saturated carbocycles. The molecule has 6 nitrogen and oxygen atoms in total. The molecule has 126 valence electrons. The number of hydrogen-bond donors (Lipinski definition) is 1. The molecule has 2 aliphatic rings. The molecule has 3 rings (SSSR count). The Kier molecular flexibility index (Phi) is 4.29. The summed E-state index contributed by atoms with van der Waals surface area (Å²) in [6, 6.07) is 0.361. The van der Waals surface area contributed by atoms with E-state index >= 15 is 0 Å². The van der Waals surface area contributed by atoms with Crippen LogP contribution >= 0.6 is 0 Å². The number of allylic oxidation sites excluding steroid dienone is 1. The Morgan fingerprint density at radius 2 is 2.35 bits per heavy atom. The summed E-state index contributed by atoms with van der Waals surface area (Å²) in [6.45, 7) is 9.14. The molecule has 1 N–H and O–H groups in total. The maximum Gasteiger partial charge on any atom is 0.356 e. The van der Waals surface area contributed by atoms with E-state index in [1.165, 1.54) is 0 Å². The zero-order valence-electron chi connectivity index (χ0n) is 13.9. The van der Waals surface area contributed by atoms with E-state index in [4.69, 9.17) is 4.74 Å². The van der Waals surface area contributed by atoms with E-state index in [9.17, 15) is 9.90 Å². The molecule has 1 saturated heterocycles. The van der Waals surface area contributed by atoms with Gasteiger partial charge in [-0.3, -0.25) is 4.68 Å². The second-order valence-corrected chi connectivity index (χ2v) is 7.16. The predicted molar refractivity (Wildman–Crippen MR) is 86.8 cm³/mol. The third-order valence-electron chi connectivity index (χ3n) is 4.98. The first-order chi connectivity index (χ1) is 10.9. The number of fused-ring (bicyclic) bond motifs is 1. The van der Waals surface area contributed by atoms with Gasteiger partial charge in [0.25, 0.3) is 0 Å². The largest absolute Gasteiger partial charge is 0.476 e. The number of rotatable bonds is 6. The van der Waals surface area contributed by atoms with Crippen molar-refractivity contribution < 1.29 is 14.6 Å². The summed E-state index contributed by atoms with van der Waals surface area (Å²) in [5.74, 6) is -0.938. The van der Waals surface area contributed by atoms with Crippen LogP contribution in [0.25, 0.3) is 0 Å². The first-order valence-electron chi connectivity index (χ1n) is 8.14. The van der Waals surface area contributed by atoms with Crippen molar-refractivity contribution in [1.29, 1.82) is 0 Å². The molecular formula is C17H25N3O3. The number of ether oxygens (including phenoxy) is 1. The molecule has 1 atom stereocenters. The Hall–Kier alpha value is -1.66. The fraction of sp³-hybridized carbons (Fsp3) is 0.647. The van der Waals surface area contributed by atoms with Gasteiger partial charge in [0.2, 0.25) is 0 Å². The number of carbonyl (C=O) groups is 1. The molecule has 2 heterocycles. The van der Waals surface area contributed by atoms with Crippen molar-refractivity contribution in [3.8, 4) is 0 Å². The van der Waals surface area contributed by atoms with E-state index in [-0.39, 0.29) is 11.1 Å². The second-order valence-electron chi connectivity index (χ2n) is 7.16. The molecule has 1 aliphatic carbocycles. The van der Waals surface area contributed by atoms with Gasteiger partial charge < -0.3 is 14.7 Å². The van der Waals surface area contributed by atoms with Gasteiger partial charge in [0.1, 0.15) is 0 Å². The Labute approximate surface area is 136 Å². The average molecular weight is 319 g/mol. The fourth-order valence-corrected chi connectivity index (χ4v) is 3.76. The van der Waals surface area contributed by atoms with Crippen molar-refractivity contribution in [2.75, 3.05) is 26.8 Å². The maximum absolute atomic E-state index is 11.5. The van der Waals surface area contributed by atoms with E-state index in [1.807, 2.05) is 0 Å². The van der Waals surface area contributed by atoms with Gasteiger partial charge in [-0.25, -0.2) is 4.79 Å². The van der Waals surface area contributed by atoms with Crippen molar-refractivity contribution in [1.82, 2.24) is 14.7 Å². The van der Waals surface area contributed by atoms with E-state index in [2.05, 4.69) is 30.5 Å². The summed E-state index contributed by atoms with van der Waals surface area (Å²) >= 11 is 0. The van der Waals surface area contributed by atoms with Gasteiger partial charge in [-0.05, 0) is 26.3 Å². The molecule has 1 unspecified atom stereocenters. The van der Waals surface area contributed by atoms with Crippen molar-refractivity contribution in [2.45, 2.75) is 38.8 Å². The lowest BCUT2D eigenvalue weighted by molar-refractivity contribution is -0.116. The highest BCUT2D eigenvalue weighted by Crippen LogP contribution is 2.31. The third-order valence-corrected chi connectivity index (χ3v) is 4.98. The monoisotopic (exact) mass is 319 g/mol. The van der Waals surface area contributed by atoms with Gasteiger partial charge in [-0.1, -0.05) is 13.0 Å². The zero-order chi connectivity index (χ0) is 16.6. The van der Waals surface area contributed by atoms with Crippen molar-refractivity contribution in [3.63, 3.8) is 0 Å². The highest BCUT2D eigenvalue weighted by Gasteiger charge is 2.37. The normalized spacial score (nSPS) is 22.5. The highest BCUT2D eigenvalue weighted by atomic mass is 16.5. The van der Waals surface area contributed by atoms with Crippen LogP contribution in [0, 0.1) is 5.41 Å². The summed E-state index contributed by atoms with van der Waals surface area (Å²) in [4.78, 5) is 13.9. The Morgan fingerprint density at radius 3 is 2.91 bits per heavy atom. The molecule has 0 bridgehead atoms. The molecule has 23 heavy (non-hydrogen) atoms. The summed E-state index contributed by atoms with van der Waals surface area (Å²) in [5.41, 5.74) is 2.40. The lowest BCUT2D eigenvalue weighted by Gasteiger charge is -2.43. The van der Waals surface area contributed by atoms with E-state index in [1.54, 1.807) is 10.8 Å². The summed E-state index contributed by atoms with van der Waals surface area (Å²) in [7, 11) is 2.13. The molecule has 0 radical (unpaired) electrons. The molecule has 0 amide bonds. The number of likely N-dealkylation sites (N-methyl/N-ethyl adjacent to an activating group) is 1. The van der Waals surface area contributed by atoms with Crippen molar-refractivity contribution in [3.05, 3.63) is 29.6 Å². The average Bonchev–Trinajstić information content (AvgIpc) is 2.84. The lowest BCUT2D eigenvalue weighted by Crippen LogP contribution is -2.51. The lowest BCUT2D eigenvalue weighted by atomic mass is 9.85. The van der Waals surface area contributed by atoms with E-state index in [0.717, 1.165) is 50.3 Å². The molecule has 0 spiro atoms. The minimum atomic E-state index is -0.938. The molecule has 6 heteroatoms. The van der Waals surface area contributed by atoms with Crippen LogP contribution in [-0.2, 0) is 24.1 Å². The number of carboxylic acid groups (broad SMARTS) is 1. The van der Waals surface area contributed by atoms with Gasteiger partial charge >= 0.3 is 5.97 Å². The standard InChI is InChI=1S/C17H25N3O3/c1-4-7-20-14-6-5-12(8-13(14)15(18-20)16(21)22)19(3)9-17(2)10-23-11-17/h4,12H,1,5-11H2,2-3H3,(H,21,22). The molecule has 1 aromatic rings. The molecule has 0 aromatic carbocycles. The highest BCUT2D eigenvalue weighted by molar-refractivity contribution is 5.87. The summed E-state index contributed by atoms with van der Waals surface area (Å²) in [5, 5.41) is 13.7. The molecule has 1 fully saturated rings. The third kappa shape index (κ3) is 3.05. The van der Waals surface area contributed by atoms with Gasteiger partial charge in [0, 0.05) is 29.3 Å². The number of aromatic carboxylic acids is 1. The molecule has 1 aliphatic heterocycles. The number of hydrogen-bond acceptors (Lipinski definition) is 4. The van der Waals surface area contributed by atoms with Gasteiger partial charge in [-0.2, -0.15) is 5.10 Å². The Bertz CT molecular complexity index is 619. The first kappa shape index (κ1) is 16.2. The van der Waals surface area contributed by atoms with Crippen LogP contribution in [0.4, 0.5) is 0 Å². The smallest absolute Gasteiger partial charge is 0.356 e. The first-order valence-corrected chi connectivity index (χ1v) is 8.14. The van der Waals surface area contributed by atoms with Crippen LogP contribution in [0.15, 0.2) is 12.7 Å². The second kappa shape index (κ2) is 6.09. The quantitative estimate of drug-likeness (QED) is 0.807. The Balaban J connectivity index is 1.79. The van der Waals surface area contributed by atoms with Crippen LogP contribution in [0.1, 0.15) is 35.1 Å². The summed E-state index contributed by atoms with van der Waals surface area (Å²) in [6.07, 6.45) is 4.41. The minimum Gasteiger partial charge on any atom is -0.476 e. The predicted octanol–water partition coefficient (Wildman–Crippen LogP) is 1.59. The number of carboxylic acids is 1. The topological polar surface area (TPSA) is 67.6 Å². The van der Waals surface area contributed by atoms with Gasteiger partial charge in [-0.15, -0.1) is 6.58 Å². The molecular weight excluding hydrogens is 294 g/mol. The van der Waals surface area contributed by atoms with Crippen molar-refractivity contribution >= 4 is 5.97 Å². The van der Waals surface area contributed by atoms with Gasteiger partial charge in [0.05, 0.1) is 19.8 Å². The fourth-order valence-electron chi connectivity index (χ4n) is 3.76. The van der Waals surface area contributed by atoms with Crippen molar-refractivity contribution in [2.24, 2.45) is 5.41 Å². The minimum absolute atomic E-state index is 0.207. The van der Waals surface area contributed by atoms with Crippen LogP contribution in [0.3, 0.4) is 0 Å². The van der Waals surface area contributed by atoms with E-state index < -0.39 is 5.97 Å².